The van der Waals surface area contributed by atoms with Gasteiger partial charge in [-0.05, 0) is 60.0 Å². The van der Waals surface area contributed by atoms with Gasteiger partial charge in [0.2, 0.25) is 5.91 Å². The lowest BCUT2D eigenvalue weighted by Crippen LogP contribution is -2.47. The van der Waals surface area contributed by atoms with Gasteiger partial charge < -0.3 is 15.0 Å². The molecule has 0 radical (unpaired) electrons. The fourth-order valence-electron chi connectivity index (χ4n) is 2.30. The monoisotopic (exact) mass is 256 g/mol. The highest BCUT2D eigenvalue weighted by atomic mass is 16.5. The van der Waals surface area contributed by atoms with E-state index in [0.29, 0.717) is 6.04 Å². The van der Waals surface area contributed by atoms with Gasteiger partial charge in [-0.3, -0.25) is 4.79 Å². The van der Waals surface area contributed by atoms with E-state index in [1.54, 1.807) is 0 Å². The maximum Gasteiger partial charge on any atom is 0.248 e. The fraction of sp³-hybridized carbons (Fsp3) is 0.929. The van der Waals surface area contributed by atoms with Crippen LogP contribution < -0.4 is 5.32 Å². The largest absolute Gasteiger partial charge is 0.366 e. The van der Waals surface area contributed by atoms with Gasteiger partial charge in [0.1, 0.15) is 6.61 Å². The first-order chi connectivity index (χ1) is 8.44. The van der Waals surface area contributed by atoms with Crippen molar-refractivity contribution in [3.63, 3.8) is 0 Å². The van der Waals surface area contributed by atoms with E-state index in [4.69, 9.17) is 4.74 Å². The molecule has 0 aliphatic carbocycles. The zero-order chi connectivity index (χ0) is 13.6. The number of ether oxygens (including phenoxy) is 1. The molecule has 0 saturated carbocycles. The van der Waals surface area contributed by atoms with Crippen LogP contribution in [-0.4, -0.2) is 49.2 Å². The molecule has 1 N–H and O–H groups in total. The molecule has 1 heterocycles. The van der Waals surface area contributed by atoms with Crippen LogP contribution in [-0.2, 0) is 9.53 Å². The minimum atomic E-state index is -0.244. The van der Waals surface area contributed by atoms with Crippen molar-refractivity contribution in [2.75, 3.05) is 26.7 Å². The number of carbonyl (C=O) groups excluding carboxylic acids is 1. The van der Waals surface area contributed by atoms with Crippen LogP contribution in [0, 0.1) is 0 Å². The number of nitrogens with one attached hydrogen (secondary N) is 1. The normalized spacial score (nSPS) is 21.1. The Morgan fingerprint density at radius 2 is 2.11 bits per heavy atom. The minimum absolute atomic E-state index is 0.144. The molecule has 106 valence electrons. The Morgan fingerprint density at radius 1 is 1.39 bits per heavy atom. The summed E-state index contributed by atoms with van der Waals surface area (Å²) in [6, 6.07) is 0.391. The molecule has 1 unspecified atom stereocenters. The number of carbonyl (C=O) groups is 1. The Kier molecular flexibility index (Phi) is 6.09. The van der Waals surface area contributed by atoms with Crippen LogP contribution in [0.25, 0.3) is 0 Å². The number of nitrogens with zero attached hydrogens (tertiary/aromatic N) is 1. The first-order valence-electron chi connectivity index (χ1n) is 7.02. The van der Waals surface area contributed by atoms with Crippen molar-refractivity contribution < 1.29 is 9.53 Å². The summed E-state index contributed by atoms with van der Waals surface area (Å²) in [7, 11) is 1.96. The molecule has 0 aromatic carbocycles. The Morgan fingerprint density at radius 3 is 2.72 bits per heavy atom. The van der Waals surface area contributed by atoms with Gasteiger partial charge in [0.25, 0.3) is 0 Å². The number of hydrogen-bond donors (Lipinski definition) is 1. The van der Waals surface area contributed by atoms with Crippen LogP contribution >= 0.6 is 0 Å². The first kappa shape index (κ1) is 15.4. The molecule has 0 spiro atoms. The summed E-state index contributed by atoms with van der Waals surface area (Å²) in [5.74, 6) is 0.144. The molecule has 1 aliphatic rings. The lowest BCUT2D eigenvalue weighted by molar-refractivity contribution is -0.144. The summed E-state index contributed by atoms with van der Waals surface area (Å²) in [4.78, 5) is 14.2. The lowest BCUT2D eigenvalue weighted by atomic mass is 9.99. The third-order valence-corrected chi connectivity index (χ3v) is 3.30. The number of amides is 1. The van der Waals surface area contributed by atoms with Crippen LogP contribution in [0.15, 0.2) is 0 Å². The maximum atomic E-state index is 12.2. The molecule has 1 amide bonds. The summed E-state index contributed by atoms with van der Waals surface area (Å²) in [6.07, 6.45) is 4.52. The molecule has 18 heavy (non-hydrogen) atoms. The van der Waals surface area contributed by atoms with Gasteiger partial charge in [0, 0.05) is 12.6 Å². The molecular formula is C14H28N2O2. The number of likely N-dealkylation sites (tertiary alicyclic amines) is 1. The topological polar surface area (TPSA) is 41.6 Å². The molecule has 1 rings (SSSR count). The highest BCUT2D eigenvalue weighted by Gasteiger charge is 2.27. The first-order valence-corrected chi connectivity index (χ1v) is 7.02. The van der Waals surface area contributed by atoms with Crippen LogP contribution in [0.2, 0.25) is 0 Å². The summed E-state index contributed by atoms with van der Waals surface area (Å²) in [5, 5.41) is 3.16. The van der Waals surface area contributed by atoms with Crippen LogP contribution in [0.3, 0.4) is 0 Å². The maximum absolute atomic E-state index is 12.2. The molecule has 0 bridgehead atoms. The van der Waals surface area contributed by atoms with Crippen molar-refractivity contribution in [3.05, 3.63) is 0 Å². The predicted molar refractivity (Wildman–Crippen MR) is 73.6 cm³/mol. The Hall–Kier alpha value is -0.610. The second-order valence-corrected chi connectivity index (χ2v) is 6.03. The van der Waals surface area contributed by atoms with E-state index in [0.717, 1.165) is 32.4 Å². The van der Waals surface area contributed by atoms with Gasteiger partial charge in [0.05, 0.1) is 5.60 Å². The van der Waals surface area contributed by atoms with E-state index < -0.39 is 0 Å². The van der Waals surface area contributed by atoms with E-state index >= 15 is 0 Å². The number of piperidine rings is 1. The van der Waals surface area contributed by atoms with Gasteiger partial charge in [-0.25, -0.2) is 0 Å². The van der Waals surface area contributed by atoms with E-state index in [1.807, 2.05) is 32.7 Å². The Bertz CT molecular complexity index is 261. The van der Waals surface area contributed by atoms with Crippen LogP contribution in [0.1, 0.15) is 46.5 Å². The van der Waals surface area contributed by atoms with E-state index in [2.05, 4.69) is 5.32 Å². The highest BCUT2D eigenvalue weighted by molar-refractivity contribution is 5.78. The SMILES string of the molecule is CNCCC1CCCCN1C(=O)COC(C)(C)C. The van der Waals surface area contributed by atoms with Crippen molar-refractivity contribution in [1.82, 2.24) is 10.2 Å². The van der Waals surface area contributed by atoms with Gasteiger partial charge in [-0.15, -0.1) is 0 Å². The van der Waals surface area contributed by atoms with E-state index in [-0.39, 0.29) is 18.1 Å². The molecule has 4 heteroatoms. The summed E-state index contributed by atoms with van der Waals surface area (Å²) < 4.78 is 5.59. The van der Waals surface area contributed by atoms with Gasteiger partial charge in [0.15, 0.2) is 0 Å². The Labute approximate surface area is 111 Å². The van der Waals surface area contributed by atoms with Crippen molar-refractivity contribution in [2.24, 2.45) is 0 Å². The molecular weight excluding hydrogens is 228 g/mol. The number of rotatable bonds is 5. The van der Waals surface area contributed by atoms with Crippen molar-refractivity contribution in [1.29, 1.82) is 0 Å². The molecule has 4 nitrogen and oxygen atoms in total. The predicted octanol–water partition coefficient (Wildman–Crippen LogP) is 1.79. The van der Waals surface area contributed by atoms with Crippen molar-refractivity contribution >= 4 is 5.91 Å². The molecule has 1 fully saturated rings. The molecule has 1 atom stereocenters. The zero-order valence-electron chi connectivity index (χ0n) is 12.3. The van der Waals surface area contributed by atoms with Gasteiger partial charge in [-0.1, -0.05) is 0 Å². The average Bonchev–Trinajstić information content (AvgIpc) is 2.33. The van der Waals surface area contributed by atoms with Crippen molar-refractivity contribution in [3.8, 4) is 0 Å². The van der Waals surface area contributed by atoms with E-state index in [1.165, 1.54) is 6.42 Å². The fourth-order valence-corrected chi connectivity index (χ4v) is 2.30. The summed E-state index contributed by atoms with van der Waals surface area (Å²) in [6.45, 7) is 8.01. The number of hydrogen-bond acceptors (Lipinski definition) is 3. The average molecular weight is 256 g/mol. The third-order valence-electron chi connectivity index (χ3n) is 3.30. The second kappa shape index (κ2) is 7.10. The third kappa shape index (κ3) is 5.36. The smallest absolute Gasteiger partial charge is 0.248 e. The van der Waals surface area contributed by atoms with Gasteiger partial charge >= 0.3 is 0 Å². The van der Waals surface area contributed by atoms with Gasteiger partial charge in [-0.2, -0.15) is 0 Å². The summed E-state index contributed by atoms with van der Waals surface area (Å²) >= 11 is 0. The zero-order valence-corrected chi connectivity index (χ0v) is 12.3. The molecule has 0 aromatic rings. The quantitative estimate of drug-likeness (QED) is 0.815. The second-order valence-electron chi connectivity index (χ2n) is 6.03. The van der Waals surface area contributed by atoms with Crippen LogP contribution in [0.5, 0.6) is 0 Å². The molecule has 1 saturated heterocycles. The minimum Gasteiger partial charge on any atom is -0.366 e. The molecule has 0 aromatic heterocycles. The summed E-state index contributed by atoms with van der Waals surface area (Å²) in [5.41, 5.74) is -0.244. The Balaban J connectivity index is 2.46. The van der Waals surface area contributed by atoms with E-state index in [9.17, 15) is 4.79 Å². The van der Waals surface area contributed by atoms with Crippen LogP contribution in [0.4, 0.5) is 0 Å². The standard InChI is InChI=1S/C14H28N2O2/c1-14(2,3)18-11-13(17)16-10-6-5-7-12(16)8-9-15-4/h12,15H,5-11H2,1-4H3. The lowest BCUT2D eigenvalue weighted by Gasteiger charge is -2.36. The highest BCUT2D eigenvalue weighted by Crippen LogP contribution is 2.20. The van der Waals surface area contributed by atoms with Crippen molar-refractivity contribution in [2.45, 2.75) is 58.1 Å². The molecule has 1 aliphatic heterocycles.